The van der Waals surface area contributed by atoms with Crippen molar-refractivity contribution in [2.75, 3.05) is 31.5 Å². The van der Waals surface area contributed by atoms with Gasteiger partial charge in [-0.05, 0) is 78.8 Å². The Hall–Kier alpha value is -4.22. The molecule has 1 saturated carbocycles. The van der Waals surface area contributed by atoms with E-state index in [1.165, 1.54) is 38.4 Å². The van der Waals surface area contributed by atoms with Crippen LogP contribution in [0.2, 0.25) is 0 Å². The highest BCUT2D eigenvalue weighted by atomic mass is 32.2. The minimum Gasteiger partial charge on any atom is -0.465 e. The van der Waals surface area contributed by atoms with Gasteiger partial charge in [0, 0.05) is 24.1 Å². The van der Waals surface area contributed by atoms with E-state index in [0.717, 1.165) is 34.7 Å². The van der Waals surface area contributed by atoms with Crippen LogP contribution in [0.25, 0.3) is 22.3 Å². The van der Waals surface area contributed by atoms with Gasteiger partial charge in [-0.15, -0.1) is 4.47 Å². The minimum atomic E-state index is -3.88. The summed E-state index contributed by atoms with van der Waals surface area (Å²) in [7, 11) is -1.07. The first kappa shape index (κ1) is 28.3. The van der Waals surface area contributed by atoms with E-state index in [1.54, 1.807) is 36.4 Å². The summed E-state index contributed by atoms with van der Waals surface area (Å²) in [5, 5.41) is 3.16. The van der Waals surface area contributed by atoms with Gasteiger partial charge in [-0.3, -0.25) is 9.63 Å². The van der Waals surface area contributed by atoms with Gasteiger partial charge in [-0.1, -0.05) is 12.1 Å². The van der Waals surface area contributed by atoms with Gasteiger partial charge < -0.3 is 14.5 Å². The number of hydrogen-bond donors (Lipinski definition) is 1. The van der Waals surface area contributed by atoms with E-state index in [2.05, 4.69) is 5.32 Å². The van der Waals surface area contributed by atoms with Crippen LogP contribution in [0.5, 0.6) is 0 Å². The molecule has 1 aliphatic carbocycles. The highest BCUT2D eigenvalue weighted by Gasteiger charge is 2.33. The molecule has 0 radical (unpaired) electrons. The summed E-state index contributed by atoms with van der Waals surface area (Å²) in [6.45, 7) is 0.0370. The zero-order valence-corrected chi connectivity index (χ0v) is 23.6. The number of nitrogens with one attached hydrogen (secondary N) is 1. The summed E-state index contributed by atoms with van der Waals surface area (Å²) < 4.78 is 51.3. The third kappa shape index (κ3) is 5.96. The fourth-order valence-corrected chi connectivity index (χ4v) is 5.48. The van der Waals surface area contributed by atoms with Crippen molar-refractivity contribution in [3.05, 3.63) is 88.7 Å². The van der Waals surface area contributed by atoms with Gasteiger partial charge in [0.15, 0.2) is 0 Å². The number of ether oxygens (including phenoxy) is 1. The van der Waals surface area contributed by atoms with Crippen LogP contribution in [-0.2, 0) is 26.0 Å². The van der Waals surface area contributed by atoms with Gasteiger partial charge in [0.05, 0.1) is 36.8 Å². The lowest BCUT2D eigenvalue weighted by atomic mass is 10.0. The number of methoxy groups -OCH3 is 1. The number of carbonyl (C=O) groups is 2. The summed E-state index contributed by atoms with van der Waals surface area (Å²) in [5.41, 5.74) is 3.36. The van der Waals surface area contributed by atoms with Crippen LogP contribution in [0, 0.1) is 5.82 Å². The van der Waals surface area contributed by atoms with Gasteiger partial charge in [0.25, 0.3) is 15.9 Å². The lowest BCUT2D eigenvalue weighted by molar-refractivity contribution is 0.0600. The Morgan fingerprint density at radius 3 is 2.34 bits per heavy atom. The van der Waals surface area contributed by atoms with Crippen molar-refractivity contribution in [1.29, 1.82) is 0 Å². The number of fused-ring (bicyclic) bond motifs is 1. The van der Waals surface area contributed by atoms with Crippen LogP contribution in [0.3, 0.4) is 0 Å². The summed E-state index contributed by atoms with van der Waals surface area (Å²) in [4.78, 5) is 30.5. The van der Waals surface area contributed by atoms with Gasteiger partial charge in [0.2, 0.25) is 0 Å². The van der Waals surface area contributed by atoms with Crippen molar-refractivity contribution >= 4 is 38.6 Å². The van der Waals surface area contributed by atoms with Crippen LogP contribution < -0.4 is 9.79 Å². The molecule has 0 unspecified atom stereocenters. The summed E-state index contributed by atoms with van der Waals surface area (Å²) in [5.74, 6) is -0.911. The Morgan fingerprint density at radius 2 is 1.76 bits per heavy atom. The molecule has 1 amide bonds. The van der Waals surface area contributed by atoms with E-state index in [1.807, 2.05) is 0 Å². The summed E-state index contributed by atoms with van der Waals surface area (Å²) >= 11 is 0. The topological polar surface area (TPSA) is 115 Å². The van der Waals surface area contributed by atoms with Crippen molar-refractivity contribution < 1.29 is 36.4 Å². The van der Waals surface area contributed by atoms with Crippen LogP contribution >= 0.6 is 0 Å². The fraction of sp³-hybridized carbons (Fsp3) is 0.267. The van der Waals surface area contributed by atoms with E-state index < -0.39 is 21.8 Å². The van der Waals surface area contributed by atoms with Crippen molar-refractivity contribution in [1.82, 2.24) is 5.32 Å². The largest absolute Gasteiger partial charge is 0.465 e. The third-order valence-electron chi connectivity index (χ3n) is 6.89. The van der Waals surface area contributed by atoms with E-state index >= 15 is 0 Å². The number of rotatable bonds is 10. The molecule has 0 bridgehead atoms. The van der Waals surface area contributed by atoms with Crippen molar-refractivity contribution in [2.45, 2.75) is 25.2 Å². The molecule has 0 aliphatic heterocycles. The maximum atomic E-state index is 13.6. The molecule has 4 aromatic rings. The lowest BCUT2D eigenvalue weighted by Gasteiger charge is -2.24. The lowest BCUT2D eigenvalue weighted by Crippen LogP contribution is -2.31. The Morgan fingerprint density at radius 1 is 1.07 bits per heavy atom. The van der Waals surface area contributed by atoms with Crippen molar-refractivity contribution in [3.8, 4) is 11.3 Å². The average molecular weight is 581 g/mol. The first-order valence-corrected chi connectivity index (χ1v) is 14.8. The molecule has 0 spiro atoms. The quantitative estimate of drug-likeness (QED) is 0.202. The summed E-state index contributed by atoms with van der Waals surface area (Å²) in [6.07, 6.45) is 3.16. The van der Waals surface area contributed by atoms with E-state index in [9.17, 15) is 22.4 Å². The maximum absolute atomic E-state index is 13.6. The molecule has 1 heterocycles. The molecule has 0 atom stereocenters. The van der Waals surface area contributed by atoms with E-state index in [4.69, 9.17) is 14.0 Å². The van der Waals surface area contributed by atoms with Crippen molar-refractivity contribution in [3.63, 3.8) is 0 Å². The number of amides is 1. The minimum absolute atomic E-state index is 0.0370. The zero-order valence-electron chi connectivity index (χ0n) is 22.8. The predicted octanol–water partition coefficient (Wildman–Crippen LogP) is 5.20. The van der Waals surface area contributed by atoms with Crippen molar-refractivity contribution in [2.24, 2.45) is 0 Å². The maximum Gasteiger partial charge on any atom is 0.337 e. The van der Waals surface area contributed by atoms with Gasteiger partial charge in [-0.2, -0.15) is 0 Å². The van der Waals surface area contributed by atoms with Crippen LogP contribution in [-0.4, -0.2) is 47.3 Å². The number of benzene rings is 3. The zero-order chi connectivity index (χ0) is 29.3. The van der Waals surface area contributed by atoms with Crippen LogP contribution in [0.1, 0.15) is 50.6 Å². The molecule has 1 aliphatic rings. The summed E-state index contributed by atoms with van der Waals surface area (Å²) in [6, 6.07) is 15.7. The fourth-order valence-electron chi connectivity index (χ4n) is 4.70. The average Bonchev–Trinajstić information content (AvgIpc) is 3.74. The molecule has 9 nitrogen and oxygen atoms in total. The molecule has 3 aromatic carbocycles. The first-order chi connectivity index (χ1) is 19.6. The number of furan rings is 1. The van der Waals surface area contributed by atoms with E-state index in [-0.39, 0.29) is 35.3 Å². The number of esters is 1. The van der Waals surface area contributed by atoms with Gasteiger partial charge >= 0.3 is 5.97 Å². The normalized spacial score (nSPS) is 13.3. The molecule has 5 rings (SSSR count). The van der Waals surface area contributed by atoms with Gasteiger partial charge in [-0.25, -0.2) is 17.6 Å². The number of halogens is 1. The molecule has 214 valence electrons. The van der Waals surface area contributed by atoms with Gasteiger partial charge in [0.1, 0.15) is 17.2 Å². The molecular weight excluding hydrogens is 551 g/mol. The molecule has 1 aromatic heterocycles. The smallest absolute Gasteiger partial charge is 0.337 e. The molecule has 1 fully saturated rings. The number of hydrogen-bond acceptors (Lipinski definition) is 7. The van der Waals surface area contributed by atoms with E-state index in [0.29, 0.717) is 28.6 Å². The number of nitrogens with zero attached hydrogens (tertiary/aromatic N) is 1. The number of carbonyl (C=O) groups excluding carboxylic acids is 2. The number of anilines is 1. The highest BCUT2D eigenvalue weighted by molar-refractivity contribution is 7.91. The first-order valence-electron chi connectivity index (χ1n) is 13.0. The molecule has 0 saturated heterocycles. The Balaban J connectivity index is 1.52. The SMILES string of the molecule is CNC(=O)c1c(-c2ccc(F)cc2)oc2cc(N(OCCc3ccc(C(=O)OC)cc3)S(C)(=O)=O)c(C3CC3)cc12. The second kappa shape index (κ2) is 11.3. The highest BCUT2D eigenvalue weighted by Crippen LogP contribution is 2.48. The molecular formula is C30H29FN2O7S. The Kier molecular flexibility index (Phi) is 7.83. The van der Waals surface area contributed by atoms with Crippen LogP contribution in [0.4, 0.5) is 10.1 Å². The number of sulfonamides is 1. The molecule has 11 heteroatoms. The predicted molar refractivity (Wildman–Crippen MR) is 152 cm³/mol. The molecule has 41 heavy (non-hydrogen) atoms. The second-order valence-electron chi connectivity index (χ2n) is 9.84. The Bertz CT molecular complexity index is 1710. The second-order valence-corrected chi connectivity index (χ2v) is 11.6. The standard InChI is InChI=1S/C30H29FN2O7S/c1-32-29(34)27-24-16-23(19-8-9-19)25(17-26(24)40-28(27)20-10-12-22(31)13-11-20)33(41(3,36)37)39-15-14-18-4-6-21(7-5-18)30(35)38-2/h4-7,10-13,16-17,19H,8-9,14-15H2,1-3H3,(H,32,34). The Labute approximate surface area is 236 Å². The monoisotopic (exact) mass is 580 g/mol. The van der Waals surface area contributed by atoms with Crippen LogP contribution in [0.15, 0.2) is 65.1 Å². The third-order valence-corrected chi connectivity index (χ3v) is 7.79. The molecule has 1 N–H and O–H groups in total.